The minimum atomic E-state index is 0.274. The van der Waals surface area contributed by atoms with E-state index in [1.165, 1.54) is 5.57 Å². The molecule has 0 radical (unpaired) electrons. The van der Waals surface area contributed by atoms with E-state index in [1.807, 2.05) is 19.9 Å². The van der Waals surface area contributed by atoms with Crippen molar-refractivity contribution in [3.8, 4) is 0 Å². The van der Waals surface area contributed by atoms with Gasteiger partial charge in [0.15, 0.2) is 0 Å². The normalized spacial score (nSPS) is 11.7. The lowest BCUT2D eigenvalue weighted by atomic mass is 10.1. The molecule has 0 saturated heterocycles. The third-order valence-electron chi connectivity index (χ3n) is 1.36. The number of carbonyl (C=O) groups excluding carboxylic acids is 1. The van der Waals surface area contributed by atoms with Crippen molar-refractivity contribution in [1.82, 2.24) is 0 Å². The van der Waals surface area contributed by atoms with E-state index in [0.717, 1.165) is 6.42 Å². The molecule has 0 aliphatic carbocycles. The van der Waals surface area contributed by atoms with E-state index in [1.54, 1.807) is 6.92 Å². The molecule has 0 N–H and O–H groups in total. The van der Waals surface area contributed by atoms with Gasteiger partial charge < -0.3 is 4.79 Å². The third-order valence-corrected chi connectivity index (χ3v) is 1.36. The molecule has 0 saturated carbocycles. The first-order valence-electron chi connectivity index (χ1n) is 3.28. The van der Waals surface area contributed by atoms with Crippen molar-refractivity contribution < 1.29 is 4.79 Å². The summed E-state index contributed by atoms with van der Waals surface area (Å²) in [4.78, 5) is 10.4. The summed E-state index contributed by atoms with van der Waals surface area (Å²) in [5, 5.41) is 0. The maximum Gasteiger partial charge on any atom is 0.130 e. The Balaban J connectivity index is 3.39. The Kier molecular flexibility index (Phi) is 4.02. The van der Waals surface area contributed by atoms with E-state index >= 15 is 0 Å². The molecule has 0 atom stereocenters. The monoisotopic (exact) mass is 126 g/mol. The van der Waals surface area contributed by atoms with Gasteiger partial charge in [0.2, 0.25) is 0 Å². The quantitative estimate of drug-likeness (QED) is 0.530. The van der Waals surface area contributed by atoms with E-state index in [-0.39, 0.29) is 5.78 Å². The van der Waals surface area contributed by atoms with Crippen LogP contribution in [0.4, 0.5) is 0 Å². The van der Waals surface area contributed by atoms with Crippen LogP contribution >= 0.6 is 0 Å². The number of Topliss-reactive ketones (excluding diaryl/α,β-unsaturated/α-hetero) is 1. The molecule has 0 aliphatic rings. The maximum atomic E-state index is 10.4. The van der Waals surface area contributed by atoms with Crippen LogP contribution in [0.5, 0.6) is 0 Å². The number of hydrogen-bond donors (Lipinski definition) is 0. The van der Waals surface area contributed by atoms with Gasteiger partial charge in [-0.1, -0.05) is 11.6 Å². The highest BCUT2D eigenvalue weighted by atomic mass is 16.1. The molecule has 0 aliphatic heterocycles. The van der Waals surface area contributed by atoms with Crippen LogP contribution in [0.1, 0.15) is 33.6 Å². The number of carbonyl (C=O) groups is 1. The van der Waals surface area contributed by atoms with Crippen LogP contribution in [0, 0.1) is 0 Å². The summed E-state index contributed by atoms with van der Waals surface area (Å²) in [6, 6.07) is 0. The largest absolute Gasteiger partial charge is 0.300 e. The zero-order chi connectivity index (χ0) is 7.28. The molecule has 9 heavy (non-hydrogen) atoms. The van der Waals surface area contributed by atoms with Gasteiger partial charge in [-0.15, -0.1) is 0 Å². The van der Waals surface area contributed by atoms with Gasteiger partial charge >= 0.3 is 0 Å². The van der Waals surface area contributed by atoms with Gasteiger partial charge in [0.25, 0.3) is 0 Å². The van der Waals surface area contributed by atoms with Crippen molar-refractivity contribution in [2.45, 2.75) is 33.6 Å². The molecule has 0 spiro atoms. The van der Waals surface area contributed by atoms with Crippen LogP contribution in [-0.4, -0.2) is 5.78 Å². The Hall–Kier alpha value is -0.590. The molecular formula is C8H14O. The fraction of sp³-hybridized carbons (Fsp3) is 0.625. The molecule has 1 nitrogen and oxygen atoms in total. The molecule has 1 heteroatoms. The second-order valence-corrected chi connectivity index (χ2v) is 2.34. The van der Waals surface area contributed by atoms with Gasteiger partial charge in [-0.3, -0.25) is 0 Å². The Bertz CT molecular complexity index is 123. The fourth-order valence-corrected chi connectivity index (χ4v) is 0.518. The van der Waals surface area contributed by atoms with Crippen LogP contribution in [0.25, 0.3) is 0 Å². The first-order chi connectivity index (χ1) is 4.16. The second-order valence-electron chi connectivity index (χ2n) is 2.34. The predicted molar refractivity (Wildman–Crippen MR) is 39.3 cm³/mol. The summed E-state index contributed by atoms with van der Waals surface area (Å²) in [6.45, 7) is 5.67. The maximum absolute atomic E-state index is 10.4. The van der Waals surface area contributed by atoms with Crippen LogP contribution in [0.2, 0.25) is 0 Å². The number of ketones is 1. The molecule has 0 rings (SSSR count). The van der Waals surface area contributed by atoms with Gasteiger partial charge in [0.1, 0.15) is 5.78 Å². The minimum absolute atomic E-state index is 0.274. The predicted octanol–water partition coefficient (Wildman–Crippen LogP) is 2.32. The van der Waals surface area contributed by atoms with Gasteiger partial charge in [-0.05, 0) is 27.2 Å². The summed E-state index contributed by atoms with van der Waals surface area (Å²) in [7, 11) is 0. The minimum Gasteiger partial charge on any atom is -0.300 e. The van der Waals surface area contributed by atoms with E-state index in [9.17, 15) is 4.79 Å². The summed E-state index contributed by atoms with van der Waals surface area (Å²) in [6.07, 6.45) is 3.66. The Morgan fingerprint density at radius 1 is 1.33 bits per heavy atom. The smallest absolute Gasteiger partial charge is 0.130 e. The van der Waals surface area contributed by atoms with Crippen molar-refractivity contribution in [2.24, 2.45) is 0 Å². The SMILES string of the molecule is C/C=C(/C)CCC(C)=O. The molecule has 0 heterocycles. The van der Waals surface area contributed by atoms with Crippen LogP contribution in [-0.2, 0) is 4.79 Å². The van der Waals surface area contributed by atoms with Gasteiger partial charge in [-0.2, -0.15) is 0 Å². The second kappa shape index (κ2) is 4.30. The molecule has 0 aromatic carbocycles. The highest BCUT2D eigenvalue weighted by molar-refractivity contribution is 5.75. The zero-order valence-electron chi connectivity index (χ0n) is 6.40. The Labute approximate surface area is 56.8 Å². The molecule has 0 unspecified atom stereocenters. The van der Waals surface area contributed by atoms with Crippen LogP contribution < -0.4 is 0 Å². The highest BCUT2D eigenvalue weighted by Crippen LogP contribution is 2.02. The summed E-state index contributed by atoms with van der Waals surface area (Å²) < 4.78 is 0. The van der Waals surface area contributed by atoms with E-state index in [2.05, 4.69) is 0 Å². The lowest BCUT2D eigenvalue weighted by Gasteiger charge is -1.94. The molecular weight excluding hydrogens is 112 g/mol. The molecule has 52 valence electrons. The topological polar surface area (TPSA) is 17.1 Å². The summed E-state index contributed by atoms with van der Waals surface area (Å²) in [5.74, 6) is 0.274. The molecule has 0 aromatic heterocycles. The van der Waals surface area contributed by atoms with Gasteiger partial charge in [0.05, 0.1) is 0 Å². The number of rotatable bonds is 3. The Morgan fingerprint density at radius 2 is 1.89 bits per heavy atom. The zero-order valence-corrected chi connectivity index (χ0v) is 6.40. The van der Waals surface area contributed by atoms with Crippen molar-refractivity contribution in [2.75, 3.05) is 0 Å². The van der Waals surface area contributed by atoms with Gasteiger partial charge in [0, 0.05) is 6.42 Å². The highest BCUT2D eigenvalue weighted by Gasteiger charge is 1.92. The molecule has 0 aromatic rings. The third kappa shape index (κ3) is 5.28. The summed E-state index contributed by atoms with van der Waals surface area (Å²) in [5.41, 5.74) is 1.30. The van der Waals surface area contributed by atoms with Crippen molar-refractivity contribution in [1.29, 1.82) is 0 Å². The summed E-state index contributed by atoms with van der Waals surface area (Å²) >= 11 is 0. The van der Waals surface area contributed by atoms with Crippen molar-refractivity contribution >= 4 is 5.78 Å². The first kappa shape index (κ1) is 8.41. The fourth-order valence-electron chi connectivity index (χ4n) is 0.518. The standard InChI is InChI=1S/C8H14O/c1-4-7(2)5-6-8(3)9/h4H,5-6H2,1-3H3/b7-4-. The van der Waals surface area contributed by atoms with E-state index < -0.39 is 0 Å². The number of allylic oxidation sites excluding steroid dienone is 2. The first-order valence-corrected chi connectivity index (χ1v) is 3.28. The van der Waals surface area contributed by atoms with Gasteiger partial charge in [-0.25, -0.2) is 0 Å². The lowest BCUT2D eigenvalue weighted by molar-refractivity contribution is -0.116. The molecule has 0 amide bonds. The van der Waals surface area contributed by atoms with Crippen LogP contribution in [0.15, 0.2) is 11.6 Å². The van der Waals surface area contributed by atoms with E-state index in [0.29, 0.717) is 6.42 Å². The van der Waals surface area contributed by atoms with E-state index in [4.69, 9.17) is 0 Å². The average molecular weight is 126 g/mol. The number of hydrogen-bond acceptors (Lipinski definition) is 1. The average Bonchev–Trinajstić information content (AvgIpc) is 1.83. The van der Waals surface area contributed by atoms with Crippen LogP contribution in [0.3, 0.4) is 0 Å². The van der Waals surface area contributed by atoms with Crippen molar-refractivity contribution in [3.05, 3.63) is 11.6 Å². The Morgan fingerprint density at radius 3 is 2.22 bits per heavy atom. The van der Waals surface area contributed by atoms with Crippen molar-refractivity contribution in [3.63, 3.8) is 0 Å². The molecule has 0 bridgehead atoms. The molecule has 0 fully saturated rings. The lowest BCUT2D eigenvalue weighted by Crippen LogP contribution is -1.89.